The molecule has 29 heavy (non-hydrogen) atoms. The summed E-state index contributed by atoms with van der Waals surface area (Å²) < 4.78 is 7.92. The average molecular weight is 392 g/mol. The molecule has 4 heterocycles. The van der Waals surface area contributed by atoms with Crippen molar-refractivity contribution >= 4 is 17.5 Å². The second-order valence-electron chi connectivity index (χ2n) is 8.36. The van der Waals surface area contributed by atoms with Gasteiger partial charge in [-0.2, -0.15) is 5.10 Å². The molecule has 2 saturated heterocycles. The summed E-state index contributed by atoms with van der Waals surface area (Å²) in [6.45, 7) is 5.12. The fourth-order valence-electron chi connectivity index (χ4n) is 4.78. The van der Waals surface area contributed by atoms with Crippen LogP contribution >= 0.6 is 0 Å². The number of aromatic nitrogens is 2. The van der Waals surface area contributed by atoms with Crippen molar-refractivity contribution in [2.75, 3.05) is 11.9 Å². The number of anilines is 1. The molecule has 3 unspecified atom stereocenters. The number of amides is 2. The topological polar surface area (TPSA) is 76.5 Å². The van der Waals surface area contributed by atoms with E-state index in [0.717, 1.165) is 5.56 Å². The van der Waals surface area contributed by atoms with E-state index in [1.54, 1.807) is 10.9 Å². The second-order valence-corrected chi connectivity index (χ2v) is 8.36. The predicted octanol–water partition coefficient (Wildman–Crippen LogP) is 2.06. The van der Waals surface area contributed by atoms with Crippen molar-refractivity contribution in [1.82, 2.24) is 14.7 Å². The molecule has 0 saturated carbocycles. The van der Waals surface area contributed by atoms with Crippen molar-refractivity contribution in [2.24, 2.45) is 11.8 Å². The summed E-state index contributed by atoms with van der Waals surface area (Å²) in [5.74, 6) is -1.16. The highest BCUT2D eigenvalue weighted by Crippen LogP contribution is 2.52. The van der Waals surface area contributed by atoms with Crippen LogP contribution in [0.2, 0.25) is 0 Å². The van der Waals surface area contributed by atoms with Gasteiger partial charge in [0.05, 0.1) is 42.9 Å². The number of ether oxygens (including phenoxy) is 1. The molecule has 1 aromatic carbocycles. The number of carbonyl (C=O) groups is 2. The molecular formula is C22H24N4O3. The van der Waals surface area contributed by atoms with Crippen molar-refractivity contribution in [3.63, 3.8) is 0 Å². The number of benzene rings is 1. The van der Waals surface area contributed by atoms with E-state index in [2.05, 4.69) is 10.4 Å². The van der Waals surface area contributed by atoms with E-state index in [9.17, 15) is 9.59 Å². The summed E-state index contributed by atoms with van der Waals surface area (Å²) in [6.07, 6.45) is 7.00. The van der Waals surface area contributed by atoms with Crippen molar-refractivity contribution < 1.29 is 14.3 Å². The molecule has 5 rings (SSSR count). The van der Waals surface area contributed by atoms with Crippen LogP contribution in [0.3, 0.4) is 0 Å². The monoisotopic (exact) mass is 392 g/mol. The Balaban J connectivity index is 1.32. The van der Waals surface area contributed by atoms with Crippen LogP contribution in [-0.4, -0.2) is 50.8 Å². The van der Waals surface area contributed by atoms with Crippen molar-refractivity contribution in [3.8, 4) is 0 Å². The van der Waals surface area contributed by atoms with Crippen molar-refractivity contribution in [1.29, 1.82) is 0 Å². The highest BCUT2D eigenvalue weighted by Gasteiger charge is 2.67. The summed E-state index contributed by atoms with van der Waals surface area (Å²) in [4.78, 5) is 27.9. The van der Waals surface area contributed by atoms with Crippen molar-refractivity contribution in [3.05, 3.63) is 60.4 Å². The van der Waals surface area contributed by atoms with Gasteiger partial charge in [-0.15, -0.1) is 0 Å². The Morgan fingerprint density at radius 3 is 2.90 bits per heavy atom. The van der Waals surface area contributed by atoms with E-state index in [4.69, 9.17) is 4.74 Å². The van der Waals surface area contributed by atoms with Gasteiger partial charge in [0.15, 0.2) is 0 Å². The minimum atomic E-state index is -0.661. The van der Waals surface area contributed by atoms with E-state index in [0.29, 0.717) is 18.8 Å². The van der Waals surface area contributed by atoms with E-state index in [1.165, 1.54) is 0 Å². The van der Waals surface area contributed by atoms with Crippen molar-refractivity contribution in [2.45, 2.75) is 38.1 Å². The molecule has 7 heteroatoms. The zero-order valence-corrected chi connectivity index (χ0v) is 16.5. The summed E-state index contributed by atoms with van der Waals surface area (Å²) in [7, 11) is 0. The van der Waals surface area contributed by atoms with E-state index in [-0.39, 0.29) is 24.0 Å². The van der Waals surface area contributed by atoms with Crippen LogP contribution in [0, 0.1) is 11.8 Å². The largest absolute Gasteiger partial charge is 0.360 e. The minimum Gasteiger partial charge on any atom is -0.360 e. The maximum Gasteiger partial charge on any atom is 0.231 e. The molecular weight excluding hydrogens is 368 g/mol. The Morgan fingerprint density at radius 2 is 2.14 bits per heavy atom. The fraction of sp³-hybridized carbons (Fsp3) is 0.409. The molecule has 0 radical (unpaired) electrons. The summed E-state index contributed by atoms with van der Waals surface area (Å²) in [5, 5.41) is 7.28. The van der Waals surface area contributed by atoms with Gasteiger partial charge in [0, 0.05) is 12.2 Å². The van der Waals surface area contributed by atoms with Gasteiger partial charge < -0.3 is 15.0 Å². The quantitative estimate of drug-likeness (QED) is 0.791. The summed E-state index contributed by atoms with van der Waals surface area (Å²) >= 11 is 0. The van der Waals surface area contributed by atoms with Crippen LogP contribution in [0.15, 0.2) is 54.9 Å². The lowest BCUT2D eigenvalue weighted by atomic mass is 9.77. The number of nitrogens with one attached hydrogen (secondary N) is 1. The molecule has 150 valence electrons. The van der Waals surface area contributed by atoms with E-state index >= 15 is 0 Å². The molecule has 2 amide bonds. The Morgan fingerprint density at radius 1 is 1.34 bits per heavy atom. The van der Waals surface area contributed by atoms with Gasteiger partial charge in [-0.1, -0.05) is 42.5 Å². The standard InChI is InChI=1S/C22H24N4O3/c1-14(2)26-13-22-9-8-17(29-22)18(19(22)21(26)28)20(27)24-16-10-23-25(12-16)11-15-6-4-3-5-7-15/h3-10,12,14,17-19H,11,13H2,1-2H3,(H,24,27)/t17?,18?,19?,22-/m0/s1. The lowest BCUT2D eigenvalue weighted by Gasteiger charge is -2.24. The first-order valence-electron chi connectivity index (χ1n) is 10.0. The second kappa shape index (κ2) is 6.56. The van der Waals surface area contributed by atoms with Gasteiger partial charge >= 0.3 is 0 Å². The summed E-state index contributed by atoms with van der Waals surface area (Å²) in [5.41, 5.74) is 1.09. The molecule has 1 aromatic heterocycles. The molecule has 0 aliphatic carbocycles. The zero-order chi connectivity index (χ0) is 20.2. The Bertz CT molecular complexity index is 983. The highest BCUT2D eigenvalue weighted by molar-refractivity contribution is 5.99. The molecule has 2 aromatic rings. The molecule has 4 atom stereocenters. The number of hydrogen-bond donors (Lipinski definition) is 1. The normalized spacial score (nSPS) is 29.7. The number of likely N-dealkylation sites (tertiary alicyclic amines) is 1. The lowest BCUT2D eigenvalue weighted by Crippen LogP contribution is -2.42. The summed E-state index contributed by atoms with van der Waals surface area (Å²) in [6, 6.07) is 10.1. The Hall–Kier alpha value is -2.93. The predicted molar refractivity (Wildman–Crippen MR) is 107 cm³/mol. The zero-order valence-electron chi connectivity index (χ0n) is 16.5. The minimum absolute atomic E-state index is 0.00627. The molecule has 2 bridgehead atoms. The molecule has 7 nitrogen and oxygen atoms in total. The number of hydrogen-bond acceptors (Lipinski definition) is 4. The smallest absolute Gasteiger partial charge is 0.231 e. The average Bonchev–Trinajstić information content (AvgIpc) is 3.44. The van der Waals surface area contributed by atoms with Gasteiger partial charge in [0.1, 0.15) is 5.60 Å². The first kappa shape index (κ1) is 18.1. The van der Waals surface area contributed by atoms with Crippen LogP contribution in [0.5, 0.6) is 0 Å². The first-order valence-corrected chi connectivity index (χ1v) is 10.0. The molecule has 3 aliphatic rings. The van der Waals surface area contributed by atoms with Gasteiger partial charge in [-0.05, 0) is 19.4 Å². The Labute approximate surface area is 169 Å². The van der Waals surface area contributed by atoms with Gasteiger partial charge in [-0.25, -0.2) is 0 Å². The maximum atomic E-state index is 13.1. The SMILES string of the molecule is CC(C)N1C[C@]23C=CC(O2)C(C(=O)Nc2cnn(Cc4ccccc4)c2)C3C1=O. The molecule has 1 spiro atoms. The molecule has 3 aliphatic heterocycles. The third-order valence-corrected chi connectivity index (χ3v) is 6.14. The van der Waals surface area contributed by atoms with Crippen LogP contribution in [0.25, 0.3) is 0 Å². The fourth-order valence-corrected chi connectivity index (χ4v) is 4.78. The van der Waals surface area contributed by atoms with Gasteiger partial charge in [0.25, 0.3) is 0 Å². The lowest BCUT2D eigenvalue weighted by molar-refractivity contribution is -0.136. The van der Waals surface area contributed by atoms with E-state index in [1.807, 2.05) is 67.4 Å². The first-order chi connectivity index (χ1) is 14.0. The molecule has 2 fully saturated rings. The third-order valence-electron chi connectivity index (χ3n) is 6.14. The Kier molecular flexibility index (Phi) is 4.10. The van der Waals surface area contributed by atoms with E-state index < -0.39 is 17.4 Å². The van der Waals surface area contributed by atoms with Gasteiger partial charge in [0.2, 0.25) is 11.8 Å². The number of nitrogens with zero attached hydrogens (tertiary/aromatic N) is 3. The number of rotatable bonds is 5. The third kappa shape index (κ3) is 2.88. The number of fused-ring (bicyclic) bond motifs is 1. The van der Waals surface area contributed by atoms with Gasteiger partial charge in [-0.3, -0.25) is 14.3 Å². The van der Waals surface area contributed by atoms with Crippen LogP contribution < -0.4 is 5.32 Å². The van der Waals surface area contributed by atoms with Crippen LogP contribution in [-0.2, 0) is 20.9 Å². The van der Waals surface area contributed by atoms with Crippen LogP contribution in [0.4, 0.5) is 5.69 Å². The van der Waals surface area contributed by atoms with Crippen LogP contribution in [0.1, 0.15) is 19.4 Å². The molecule has 1 N–H and O–H groups in total. The number of carbonyl (C=O) groups excluding carboxylic acids is 2. The maximum absolute atomic E-state index is 13.1. The highest BCUT2D eigenvalue weighted by atomic mass is 16.5.